The maximum Gasteiger partial charge on any atom is 0.286 e. The van der Waals surface area contributed by atoms with Gasteiger partial charge in [0.1, 0.15) is 10.8 Å². The Morgan fingerprint density at radius 3 is 2.89 bits per heavy atom. The van der Waals surface area contributed by atoms with E-state index in [9.17, 15) is 9.18 Å². The van der Waals surface area contributed by atoms with E-state index in [1.165, 1.54) is 41.2 Å². The van der Waals surface area contributed by atoms with Crippen LogP contribution in [0.5, 0.6) is 0 Å². The van der Waals surface area contributed by atoms with Gasteiger partial charge in [-0.05, 0) is 55.3 Å². The van der Waals surface area contributed by atoms with Crippen LogP contribution in [0.4, 0.5) is 10.1 Å². The van der Waals surface area contributed by atoms with Gasteiger partial charge in [0.25, 0.3) is 5.91 Å². The van der Waals surface area contributed by atoms with Gasteiger partial charge in [0, 0.05) is 24.1 Å². The molecular weight excluding hydrogens is 365 g/mol. The van der Waals surface area contributed by atoms with Gasteiger partial charge in [0.15, 0.2) is 0 Å². The fraction of sp³-hybridized carbons (Fsp3) is 0.263. The van der Waals surface area contributed by atoms with Crippen molar-refractivity contribution in [2.45, 2.75) is 25.4 Å². The zero-order valence-corrected chi connectivity index (χ0v) is 15.3. The van der Waals surface area contributed by atoms with E-state index in [4.69, 9.17) is 0 Å². The average molecular weight is 383 g/mol. The maximum atomic E-state index is 13.0. The molecule has 2 aromatic heterocycles. The predicted octanol–water partition coefficient (Wildman–Crippen LogP) is 3.66. The molecule has 0 unspecified atom stereocenters. The zero-order valence-electron chi connectivity index (χ0n) is 14.5. The highest BCUT2D eigenvalue weighted by Gasteiger charge is 2.27. The van der Waals surface area contributed by atoms with E-state index in [-0.39, 0.29) is 11.7 Å². The lowest BCUT2D eigenvalue weighted by Crippen LogP contribution is -2.22. The first-order valence-corrected chi connectivity index (χ1v) is 9.54. The van der Waals surface area contributed by atoms with E-state index in [2.05, 4.69) is 31.5 Å². The third-order valence-corrected chi connectivity index (χ3v) is 5.44. The molecule has 1 aliphatic rings. The van der Waals surface area contributed by atoms with Crippen LogP contribution in [0.15, 0.2) is 48.8 Å². The number of carbonyl (C=O) groups excluding carboxylic acids is 1. The van der Waals surface area contributed by atoms with Crippen molar-refractivity contribution in [2.75, 3.05) is 11.9 Å². The first kappa shape index (κ1) is 17.7. The summed E-state index contributed by atoms with van der Waals surface area (Å²) in [6.07, 6.45) is 5.89. The number of anilines is 1. The molecule has 1 fully saturated rings. The molecule has 0 spiro atoms. The van der Waals surface area contributed by atoms with Crippen LogP contribution in [-0.4, -0.2) is 32.5 Å². The van der Waals surface area contributed by atoms with Gasteiger partial charge in [-0.3, -0.25) is 14.7 Å². The molecule has 4 rings (SSSR count). The van der Waals surface area contributed by atoms with Crippen molar-refractivity contribution < 1.29 is 9.18 Å². The Hall–Kier alpha value is -2.71. The zero-order chi connectivity index (χ0) is 18.6. The van der Waals surface area contributed by atoms with E-state index in [0.29, 0.717) is 23.3 Å². The average Bonchev–Trinajstić information content (AvgIpc) is 3.34. The minimum absolute atomic E-state index is 0.298. The second-order valence-corrected chi connectivity index (χ2v) is 7.44. The maximum absolute atomic E-state index is 13.0. The normalized spacial score (nSPS) is 17.1. The van der Waals surface area contributed by atoms with Crippen molar-refractivity contribution in [3.8, 4) is 0 Å². The Morgan fingerprint density at radius 2 is 2.11 bits per heavy atom. The molecule has 6 nitrogen and oxygen atoms in total. The summed E-state index contributed by atoms with van der Waals surface area (Å²) >= 11 is 1.28. The standard InChI is InChI=1S/C19H18FN5OS/c20-14-5-7-15(8-6-14)22-18(26)19-24-23-17(27-19)12-25-10-2-4-16(25)13-3-1-9-21-11-13/h1,3,5-9,11,16H,2,4,10,12H2,(H,22,26)/t16-/m0/s1. The molecule has 27 heavy (non-hydrogen) atoms. The van der Waals surface area contributed by atoms with Gasteiger partial charge in [-0.25, -0.2) is 4.39 Å². The summed E-state index contributed by atoms with van der Waals surface area (Å²) in [5.41, 5.74) is 1.73. The van der Waals surface area contributed by atoms with Crippen LogP contribution >= 0.6 is 11.3 Å². The lowest BCUT2D eigenvalue weighted by molar-refractivity contribution is 0.102. The van der Waals surface area contributed by atoms with Crippen LogP contribution in [0.1, 0.15) is 39.3 Å². The van der Waals surface area contributed by atoms with Gasteiger partial charge < -0.3 is 5.32 Å². The quantitative estimate of drug-likeness (QED) is 0.728. The largest absolute Gasteiger partial charge is 0.320 e. The molecule has 138 valence electrons. The summed E-state index contributed by atoms with van der Waals surface area (Å²) in [6, 6.07) is 9.99. The van der Waals surface area contributed by atoms with Crippen molar-refractivity contribution in [1.29, 1.82) is 0 Å². The molecule has 8 heteroatoms. The van der Waals surface area contributed by atoms with Gasteiger partial charge in [-0.1, -0.05) is 17.4 Å². The molecular formula is C19H18FN5OS. The number of nitrogens with one attached hydrogen (secondary N) is 1. The lowest BCUT2D eigenvalue weighted by atomic mass is 10.1. The number of halogens is 1. The summed E-state index contributed by atoms with van der Waals surface area (Å²) < 4.78 is 13.0. The fourth-order valence-electron chi connectivity index (χ4n) is 3.27. The van der Waals surface area contributed by atoms with Gasteiger partial charge in [0.05, 0.1) is 6.54 Å². The Bertz CT molecular complexity index is 915. The number of rotatable bonds is 5. The summed E-state index contributed by atoms with van der Waals surface area (Å²) in [7, 11) is 0. The van der Waals surface area contributed by atoms with Crippen LogP contribution in [0.2, 0.25) is 0 Å². The van der Waals surface area contributed by atoms with Crippen LogP contribution in [-0.2, 0) is 6.54 Å². The van der Waals surface area contributed by atoms with Crippen LogP contribution < -0.4 is 5.32 Å². The van der Waals surface area contributed by atoms with Crippen LogP contribution in [0.3, 0.4) is 0 Å². The number of aromatic nitrogens is 3. The highest BCUT2D eigenvalue weighted by molar-refractivity contribution is 7.13. The minimum atomic E-state index is -0.347. The van der Waals surface area contributed by atoms with Gasteiger partial charge in [-0.2, -0.15) is 0 Å². The number of likely N-dealkylation sites (tertiary alicyclic amines) is 1. The summed E-state index contributed by atoms with van der Waals surface area (Å²) in [6.45, 7) is 1.64. The highest BCUT2D eigenvalue weighted by atomic mass is 32.1. The second-order valence-electron chi connectivity index (χ2n) is 6.38. The Morgan fingerprint density at radius 1 is 1.26 bits per heavy atom. The molecule has 3 aromatic rings. The van der Waals surface area contributed by atoms with Crippen LogP contribution in [0.25, 0.3) is 0 Å². The number of carbonyl (C=O) groups is 1. The molecule has 1 aliphatic heterocycles. The molecule has 0 aliphatic carbocycles. The summed E-state index contributed by atoms with van der Waals surface area (Å²) in [4.78, 5) is 18.9. The second kappa shape index (κ2) is 7.89. The SMILES string of the molecule is O=C(Nc1ccc(F)cc1)c1nnc(CN2CCC[C@H]2c2cccnc2)s1. The lowest BCUT2D eigenvalue weighted by Gasteiger charge is -2.23. The number of pyridine rings is 1. The molecule has 1 amide bonds. The summed E-state index contributed by atoms with van der Waals surface area (Å²) in [5, 5.41) is 12.0. The number of hydrogen-bond acceptors (Lipinski definition) is 6. The molecule has 0 bridgehead atoms. The number of nitrogens with zero attached hydrogens (tertiary/aromatic N) is 4. The monoisotopic (exact) mass is 383 g/mol. The van der Waals surface area contributed by atoms with Crippen molar-refractivity contribution in [2.24, 2.45) is 0 Å². The van der Waals surface area contributed by atoms with E-state index in [1.54, 1.807) is 6.20 Å². The molecule has 3 heterocycles. The minimum Gasteiger partial charge on any atom is -0.320 e. The van der Waals surface area contributed by atoms with Crippen molar-refractivity contribution in [3.05, 3.63) is 70.2 Å². The highest BCUT2D eigenvalue weighted by Crippen LogP contribution is 2.33. The predicted molar refractivity (Wildman–Crippen MR) is 101 cm³/mol. The molecule has 1 aromatic carbocycles. The number of benzene rings is 1. The van der Waals surface area contributed by atoms with E-state index in [0.717, 1.165) is 24.4 Å². The van der Waals surface area contributed by atoms with Crippen molar-refractivity contribution in [3.63, 3.8) is 0 Å². The first-order valence-electron chi connectivity index (χ1n) is 8.72. The van der Waals surface area contributed by atoms with Crippen LogP contribution in [0, 0.1) is 5.82 Å². The fourth-order valence-corrected chi connectivity index (χ4v) is 4.03. The number of hydrogen-bond donors (Lipinski definition) is 1. The molecule has 1 atom stereocenters. The number of amides is 1. The molecule has 1 N–H and O–H groups in total. The van der Waals surface area contributed by atoms with Gasteiger partial charge >= 0.3 is 0 Å². The third-order valence-electron chi connectivity index (χ3n) is 4.53. The molecule has 0 saturated carbocycles. The van der Waals surface area contributed by atoms with Crippen molar-refractivity contribution in [1.82, 2.24) is 20.1 Å². The third kappa shape index (κ3) is 4.17. The first-order chi connectivity index (χ1) is 13.2. The topological polar surface area (TPSA) is 71.0 Å². The Balaban J connectivity index is 1.41. The Kier molecular flexibility index (Phi) is 5.17. The van der Waals surface area contributed by atoms with E-state index < -0.39 is 0 Å². The summed E-state index contributed by atoms with van der Waals surface area (Å²) in [5.74, 6) is -0.685. The van der Waals surface area contributed by atoms with E-state index >= 15 is 0 Å². The van der Waals surface area contributed by atoms with Crippen molar-refractivity contribution >= 4 is 22.9 Å². The smallest absolute Gasteiger partial charge is 0.286 e. The van der Waals surface area contributed by atoms with E-state index in [1.807, 2.05) is 12.3 Å². The molecule has 0 radical (unpaired) electrons. The van der Waals surface area contributed by atoms with Gasteiger partial charge in [0.2, 0.25) is 5.01 Å². The Labute approximate surface area is 160 Å². The van der Waals surface area contributed by atoms with Gasteiger partial charge in [-0.15, -0.1) is 10.2 Å². The molecule has 1 saturated heterocycles.